The molecular formula is C45H55NO5. The maximum Gasteiger partial charge on any atom is 0.246 e. The molecule has 6 nitrogen and oxygen atoms in total. The molecule has 0 spiro atoms. The van der Waals surface area contributed by atoms with Gasteiger partial charge in [-0.1, -0.05) is 56.7 Å². The summed E-state index contributed by atoms with van der Waals surface area (Å²) in [5.41, 5.74) is 7.60. The Balaban J connectivity index is 1.30. The highest BCUT2D eigenvalue weighted by Crippen LogP contribution is 2.77. The molecule has 3 unspecified atom stereocenters. The lowest BCUT2D eigenvalue weighted by Crippen LogP contribution is -2.60. The van der Waals surface area contributed by atoms with Crippen LogP contribution in [0.5, 0.6) is 0 Å². The first kappa shape index (κ1) is 34.7. The molecule has 0 saturated heterocycles. The van der Waals surface area contributed by atoms with Gasteiger partial charge in [0.1, 0.15) is 0 Å². The van der Waals surface area contributed by atoms with Gasteiger partial charge in [0, 0.05) is 35.1 Å². The minimum absolute atomic E-state index is 0.00869. The summed E-state index contributed by atoms with van der Waals surface area (Å²) in [7, 11) is 1.64. The highest BCUT2D eigenvalue weighted by molar-refractivity contribution is 6.24. The van der Waals surface area contributed by atoms with Crippen molar-refractivity contribution in [3.05, 3.63) is 81.5 Å². The van der Waals surface area contributed by atoms with Crippen LogP contribution in [-0.4, -0.2) is 46.9 Å². The van der Waals surface area contributed by atoms with Crippen LogP contribution >= 0.6 is 0 Å². The van der Waals surface area contributed by atoms with Crippen LogP contribution in [0.3, 0.4) is 0 Å². The molecule has 1 heterocycles. The Morgan fingerprint density at radius 3 is 2.37 bits per heavy atom. The van der Waals surface area contributed by atoms with Gasteiger partial charge >= 0.3 is 0 Å². The number of hydrogen-bond donors (Lipinski definition) is 2. The first-order valence-corrected chi connectivity index (χ1v) is 19.1. The van der Waals surface area contributed by atoms with Gasteiger partial charge in [-0.2, -0.15) is 0 Å². The van der Waals surface area contributed by atoms with Gasteiger partial charge in [-0.05, 0) is 136 Å². The molecule has 1 amide bonds. The number of Topliss-reactive ketones (excluding diaryl/α,β-unsaturated/α-hetero) is 2. The third-order valence-electron chi connectivity index (χ3n) is 15.3. The zero-order chi connectivity index (χ0) is 37.0. The molecule has 2 saturated carbocycles. The molecule has 0 bridgehead atoms. The summed E-state index contributed by atoms with van der Waals surface area (Å²) in [4.78, 5) is 41.7. The monoisotopic (exact) mass is 689 g/mol. The number of benzene rings is 1. The molecule has 0 aromatic heterocycles. The number of nitrogens with one attached hydrogen (secondary N) is 1. The summed E-state index contributed by atoms with van der Waals surface area (Å²) in [6.45, 7) is 23.5. The molecule has 270 valence electrons. The smallest absolute Gasteiger partial charge is 0.246 e. The maximum absolute atomic E-state index is 14.9. The molecular weight excluding hydrogens is 634 g/mol. The number of amides is 1. The minimum Gasteiger partial charge on any atom is -0.392 e. The number of carbonyl (C=O) groups is 3. The average Bonchev–Trinajstić information content (AvgIpc) is 3.71. The standard InChI is InChI=1S/C45H55NO5/c1-22(2)31-34-32-25(20-26-28-21-41(4,5)51-42(6,7)37(28)39(49)33(26)35(32)38(31)48)27-19-24-14-15-29-43(8,17-12-13-23(3)40(50)46-11)30(47)16-18-44(29,9)45(24,10)36(27)34/h12-13,17,20-21,24,29-31,34,37,47H,1,14-16,18-19H2,2-11H3,(H,46,50)/b17-12+,23-13+/t24?,29-,30-,31+,34?,37?,43-,44-,45+/m0/s1. The van der Waals surface area contributed by atoms with E-state index in [9.17, 15) is 19.5 Å². The van der Waals surface area contributed by atoms with Gasteiger partial charge in [0.25, 0.3) is 0 Å². The lowest BCUT2D eigenvalue weighted by atomic mass is 9.39. The summed E-state index contributed by atoms with van der Waals surface area (Å²) in [6, 6.07) is 2.29. The fraction of sp³-hybridized carbons (Fsp3) is 0.578. The van der Waals surface area contributed by atoms with E-state index in [1.807, 2.05) is 39.8 Å². The van der Waals surface area contributed by atoms with Gasteiger partial charge < -0.3 is 15.2 Å². The van der Waals surface area contributed by atoms with E-state index in [2.05, 4.69) is 64.7 Å². The van der Waals surface area contributed by atoms with Crippen molar-refractivity contribution in [2.75, 3.05) is 7.05 Å². The van der Waals surface area contributed by atoms with Crippen molar-refractivity contribution in [1.29, 1.82) is 0 Å². The highest BCUT2D eigenvalue weighted by Gasteiger charge is 2.70. The lowest BCUT2D eigenvalue weighted by molar-refractivity contribution is -0.161. The van der Waals surface area contributed by atoms with Gasteiger partial charge in [0.2, 0.25) is 5.91 Å². The van der Waals surface area contributed by atoms with Crippen LogP contribution in [0.25, 0.3) is 11.1 Å². The van der Waals surface area contributed by atoms with Gasteiger partial charge in [-0.3, -0.25) is 14.4 Å². The van der Waals surface area contributed by atoms with Crippen molar-refractivity contribution < 1.29 is 24.2 Å². The predicted octanol–water partition coefficient (Wildman–Crippen LogP) is 8.56. The Morgan fingerprint density at radius 2 is 1.71 bits per heavy atom. The number of ketones is 2. The van der Waals surface area contributed by atoms with Crippen LogP contribution < -0.4 is 5.32 Å². The van der Waals surface area contributed by atoms with Crippen LogP contribution in [0.15, 0.2) is 53.7 Å². The molecule has 2 N–H and O–H groups in total. The Morgan fingerprint density at radius 1 is 1.00 bits per heavy atom. The highest BCUT2D eigenvalue weighted by atomic mass is 16.5. The van der Waals surface area contributed by atoms with Crippen molar-refractivity contribution in [3.63, 3.8) is 0 Å². The third kappa shape index (κ3) is 4.21. The summed E-state index contributed by atoms with van der Waals surface area (Å²) in [6.07, 6.45) is 12.2. The van der Waals surface area contributed by atoms with E-state index in [4.69, 9.17) is 4.74 Å². The molecule has 1 aromatic carbocycles. The summed E-state index contributed by atoms with van der Waals surface area (Å²) in [5, 5.41) is 14.4. The van der Waals surface area contributed by atoms with Crippen LogP contribution in [-0.2, 0) is 9.53 Å². The Kier molecular flexibility index (Phi) is 7.23. The largest absolute Gasteiger partial charge is 0.392 e. The summed E-state index contributed by atoms with van der Waals surface area (Å²) < 4.78 is 6.48. The third-order valence-corrected chi connectivity index (χ3v) is 15.3. The first-order chi connectivity index (χ1) is 23.7. The van der Waals surface area contributed by atoms with E-state index in [0.29, 0.717) is 29.0 Å². The minimum atomic E-state index is -0.705. The van der Waals surface area contributed by atoms with Crippen molar-refractivity contribution in [1.82, 2.24) is 5.32 Å². The van der Waals surface area contributed by atoms with E-state index in [0.717, 1.165) is 48.0 Å². The van der Waals surface area contributed by atoms with Crippen LogP contribution in [0.1, 0.15) is 138 Å². The normalized spacial score (nSPS) is 39.7. The second-order valence-electron chi connectivity index (χ2n) is 18.8. The van der Waals surface area contributed by atoms with E-state index in [1.165, 1.54) is 16.7 Å². The molecule has 9 atom stereocenters. The molecule has 2 fully saturated rings. The van der Waals surface area contributed by atoms with E-state index in [-0.39, 0.29) is 40.1 Å². The predicted molar refractivity (Wildman–Crippen MR) is 201 cm³/mol. The van der Waals surface area contributed by atoms with Crippen molar-refractivity contribution in [3.8, 4) is 0 Å². The van der Waals surface area contributed by atoms with Gasteiger partial charge in [0.15, 0.2) is 11.6 Å². The topological polar surface area (TPSA) is 92.7 Å². The molecule has 8 rings (SSSR count). The SMILES string of the molecule is C=C(C)[C@H]1C(=O)c2c3c(cc4c2C1C1=C4CC2CC[C@H]4[C@](C)(/C=C/C=C(\C)C(=O)NC)[C@@H](O)CC[C@]4(C)[C@@]12C)C1=CC(C)(C)OC(C)(C)C1C3=O. The zero-order valence-corrected chi connectivity index (χ0v) is 32.2. The van der Waals surface area contributed by atoms with Crippen molar-refractivity contribution in [2.45, 2.75) is 118 Å². The molecule has 7 aliphatic rings. The number of carbonyl (C=O) groups excluding carboxylic acids is 3. The quantitative estimate of drug-likeness (QED) is 0.188. The van der Waals surface area contributed by atoms with Crippen molar-refractivity contribution >= 4 is 28.6 Å². The van der Waals surface area contributed by atoms with Crippen LogP contribution in [0.2, 0.25) is 0 Å². The number of aliphatic hydroxyl groups is 1. The van der Waals surface area contributed by atoms with Gasteiger partial charge in [0.05, 0.1) is 29.1 Å². The van der Waals surface area contributed by atoms with Crippen molar-refractivity contribution in [2.24, 2.45) is 39.9 Å². The Labute approximate surface area is 303 Å². The van der Waals surface area contributed by atoms with E-state index >= 15 is 0 Å². The second-order valence-corrected chi connectivity index (χ2v) is 18.8. The number of fused-ring (bicyclic) bond motifs is 10. The number of allylic oxidation sites excluding steroid dienone is 5. The first-order valence-electron chi connectivity index (χ1n) is 19.1. The fourth-order valence-corrected chi connectivity index (χ4v) is 13.1. The second kappa shape index (κ2) is 10.6. The maximum atomic E-state index is 14.9. The molecule has 51 heavy (non-hydrogen) atoms. The Hall–Kier alpha value is -3.35. The number of rotatable bonds is 4. The molecule has 1 aliphatic heterocycles. The number of hydrogen-bond acceptors (Lipinski definition) is 5. The van der Waals surface area contributed by atoms with Gasteiger partial charge in [-0.15, -0.1) is 0 Å². The number of ether oxygens (including phenoxy) is 1. The zero-order valence-electron chi connectivity index (χ0n) is 32.2. The van der Waals surface area contributed by atoms with E-state index in [1.54, 1.807) is 7.05 Å². The molecule has 6 aliphatic carbocycles. The Bertz CT molecular complexity index is 1990. The van der Waals surface area contributed by atoms with Crippen LogP contribution in [0, 0.1) is 39.9 Å². The fourth-order valence-electron chi connectivity index (χ4n) is 13.1. The molecule has 1 aromatic rings. The number of likely N-dealkylation sites (N-methyl/N-ethyl adjacent to an activating group) is 1. The lowest BCUT2D eigenvalue weighted by Gasteiger charge is -2.65. The molecule has 0 radical (unpaired) electrons. The summed E-state index contributed by atoms with van der Waals surface area (Å²) in [5.74, 6) is -0.409. The summed E-state index contributed by atoms with van der Waals surface area (Å²) >= 11 is 0. The number of aliphatic hydroxyl groups excluding tert-OH is 1. The van der Waals surface area contributed by atoms with Gasteiger partial charge in [-0.25, -0.2) is 0 Å². The van der Waals surface area contributed by atoms with E-state index < -0.39 is 34.6 Å². The average molecular weight is 690 g/mol. The van der Waals surface area contributed by atoms with Crippen LogP contribution in [0.4, 0.5) is 0 Å². The molecule has 6 heteroatoms.